The van der Waals surface area contributed by atoms with Gasteiger partial charge < -0.3 is 10.2 Å². The summed E-state index contributed by atoms with van der Waals surface area (Å²) in [4.78, 5) is 18.7. The Balaban J connectivity index is 1.53. The van der Waals surface area contributed by atoms with Crippen LogP contribution in [0.25, 0.3) is 0 Å². The van der Waals surface area contributed by atoms with Gasteiger partial charge in [-0.15, -0.1) is 0 Å². The van der Waals surface area contributed by atoms with Crippen LogP contribution in [0.4, 0.5) is 0 Å². The molecule has 0 aliphatic carbocycles. The maximum atomic E-state index is 12.8. The third-order valence-electron chi connectivity index (χ3n) is 5.62. The molecular formula is C22H29ClN4O3S. The van der Waals surface area contributed by atoms with Gasteiger partial charge in [0.15, 0.2) is 0 Å². The summed E-state index contributed by atoms with van der Waals surface area (Å²) in [5.74, 6) is -0.238. The molecule has 2 heterocycles. The quantitative estimate of drug-likeness (QED) is 0.607. The molecule has 168 valence electrons. The van der Waals surface area contributed by atoms with E-state index in [1.165, 1.54) is 22.1 Å². The number of nitrogens with one attached hydrogen (secondary N) is 1. The number of rotatable bonds is 8. The van der Waals surface area contributed by atoms with Gasteiger partial charge >= 0.3 is 0 Å². The standard InChI is InChI=1S/C22H29ClN4O3S/c1-3-26(2)16-18-7-4-6-17(14-18)15-25-22(28)19-9-12-27(13-10-19)31(29,30)20-8-5-11-24-21(20)23/h4-8,11,14,19H,3,9-10,12-13,15-16H2,1-2H3,(H,25,28). The van der Waals surface area contributed by atoms with Crippen LogP contribution in [-0.4, -0.2) is 55.2 Å². The molecule has 9 heteroatoms. The Morgan fingerprint density at radius 3 is 2.61 bits per heavy atom. The average molecular weight is 465 g/mol. The number of benzene rings is 1. The first-order valence-corrected chi connectivity index (χ1v) is 12.3. The number of carbonyl (C=O) groups is 1. The second kappa shape index (κ2) is 10.5. The van der Waals surface area contributed by atoms with E-state index in [-0.39, 0.29) is 35.0 Å². The van der Waals surface area contributed by atoms with Crippen LogP contribution in [0.15, 0.2) is 47.5 Å². The number of aromatic nitrogens is 1. The fraction of sp³-hybridized carbons (Fsp3) is 0.455. The molecule has 1 N–H and O–H groups in total. The molecule has 31 heavy (non-hydrogen) atoms. The summed E-state index contributed by atoms with van der Waals surface area (Å²) in [7, 11) is -1.64. The molecule has 7 nitrogen and oxygen atoms in total. The van der Waals surface area contributed by atoms with Crippen LogP contribution in [0.1, 0.15) is 30.9 Å². The largest absolute Gasteiger partial charge is 0.352 e. The Labute approximate surface area is 189 Å². The van der Waals surface area contributed by atoms with Crippen molar-refractivity contribution in [2.24, 2.45) is 5.92 Å². The zero-order valence-electron chi connectivity index (χ0n) is 17.9. The van der Waals surface area contributed by atoms with Gasteiger partial charge in [0, 0.05) is 38.3 Å². The van der Waals surface area contributed by atoms with Crippen molar-refractivity contribution in [3.8, 4) is 0 Å². The van der Waals surface area contributed by atoms with E-state index in [1.54, 1.807) is 6.07 Å². The molecule has 3 rings (SSSR count). The van der Waals surface area contributed by atoms with E-state index < -0.39 is 10.0 Å². The second-order valence-corrected chi connectivity index (χ2v) is 10.1. The monoisotopic (exact) mass is 464 g/mol. The van der Waals surface area contributed by atoms with Crippen LogP contribution in [0.3, 0.4) is 0 Å². The van der Waals surface area contributed by atoms with Gasteiger partial charge in [-0.3, -0.25) is 4.79 Å². The van der Waals surface area contributed by atoms with Gasteiger partial charge in [0.05, 0.1) is 0 Å². The minimum absolute atomic E-state index is 0.00756. The lowest BCUT2D eigenvalue weighted by Gasteiger charge is -2.30. The molecule has 1 amide bonds. The summed E-state index contributed by atoms with van der Waals surface area (Å²) in [5.41, 5.74) is 2.27. The van der Waals surface area contributed by atoms with Crippen molar-refractivity contribution in [1.82, 2.24) is 19.5 Å². The van der Waals surface area contributed by atoms with Crippen LogP contribution >= 0.6 is 11.6 Å². The molecule has 0 saturated carbocycles. The Hall–Kier alpha value is -2.00. The minimum Gasteiger partial charge on any atom is -0.352 e. The van der Waals surface area contributed by atoms with E-state index >= 15 is 0 Å². The van der Waals surface area contributed by atoms with Crippen LogP contribution < -0.4 is 5.32 Å². The third-order valence-corrected chi connectivity index (χ3v) is 7.96. The van der Waals surface area contributed by atoms with Gasteiger partial charge in [0.2, 0.25) is 15.9 Å². The first kappa shape index (κ1) is 23.7. The molecular weight excluding hydrogens is 436 g/mol. The highest BCUT2D eigenvalue weighted by atomic mass is 35.5. The van der Waals surface area contributed by atoms with Gasteiger partial charge in [0.1, 0.15) is 10.0 Å². The molecule has 2 aromatic rings. The maximum absolute atomic E-state index is 12.8. The topological polar surface area (TPSA) is 82.6 Å². The number of hydrogen-bond donors (Lipinski definition) is 1. The Morgan fingerprint density at radius 1 is 1.23 bits per heavy atom. The predicted molar refractivity (Wildman–Crippen MR) is 121 cm³/mol. The molecule has 1 aliphatic heterocycles. The van der Waals surface area contributed by atoms with Crippen molar-refractivity contribution in [2.75, 3.05) is 26.7 Å². The SMILES string of the molecule is CCN(C)Cc1cccc(CNC(=O)C2CCN(S(=O)(=O)c3cccnc3Cl)CC2)c1. The molecule has 0 spiro atoms. The van der Waals surface area contributed by atoms with Gasteiger partial charge in [-0.1, -0.05) is 42.8 Å². The predicted octanol–water partition coefficient (Wildman–Crippen LogP) is 2.90. The number of halogens is 1. The normalized spacial score (nSPS) is 15.9. The highest BCUT2D eigenvalue weighted by molar-refractivity contribution is 7.89. The highest BCUT2D eigenvalue weighted by Gasteiger charge is 2.33. The molecule has 1 fully saturated rings. The van der Waals surface area contributed by atoms with Gasteiger partial charge in [0.25, 0.3) is 0 Å². The third kappa shape index (κ3) is 6.04. The summed E-state index contributed by atoms with van der Waals surface area (Å²) in [5, 5.41) is 2.97. The second-order valence-electron chi connectivity index (χ2n) is 7.84. The molecule has 0 bridgehead atoms. The zero-order valence-corrected chi connectivity index (χ0v) is 19.5. The summed E-state index contributed by atoms with van der Waals surface area (Å²) < 4.78 is 27.0. The van der Waals surface area contributed by atoms with Gasteiger partial charge in [-0.2, -0.15) is 4.31 Å². The lowest BCUT2D eigenvalue weighted by atomic mass is 9.97. The van der Waals surface area contributed by atoms with Crippen LogP contribution in [-0.2, 0) is 27.9 Å². The van der Waals surface area contributed by atoms with Crippen molar-refractivity contribution < 1.29 is 13.2 Å². The minimum atomic E-state index is -3.71. The number of piperidine rings is 1. The zero-order chi connectivity index (χ0) is 22.4. The average Bonchev–Trinajstić information content (AvgIpc) is 2.78. The van der Waals surface area contributed by atoms with Crippen molar-refractivity contribution in [1.29, 1.82) is 0 Å². The van der Waals surface area contributed by atoms with Gasteiger partial charge in [-0.05, 0) is 49.7 Å². The maximum Gasteiger partial charge on any atom is 0.246 e. The summed E-state index contributed by atoms with van der Waals surface area (Å²) in [6, 6.07) is 11.2. The molecule has 0 atom stereocenters. The number of amides is 1. The van der Waals surface area contributed by atoms with Crippen molar-refractivity contribution >= 4 is 27.5 Å². The smallest absolute Gasteiger partial charge is 0.246 e. The first-order valence-electron chi connectivity index (χ1n) is 10.5. The summed E-state index contributed by atoms with van der Waals surface area (Å²) in [6.07, 6.45) is 2.41. The van der Waals surface area contributed by atoms with Crippen molar-refractivity contribution in [3.05, 3.63) is 58.9 Å². The molecule has 0 unspecified atom stereocenters. The Kier molecular flexibility index (Phi) is 8.05. The van der Waals surface area contributed by atoms with Gasteiger partial charge in [-0.25, -0.2) is 13.4 Å². The summed E-state index contributed by atoms with van der Waals surface area (Å²) in [6.45, 7) is 4.99. The number of nitrogens with zero attached hydrogens (tertiary/aromatic N) is 3. The van der Waals surface area contributed by atoms with Crippen LogP contribution in [0.2, 0.25) is 5.15 Å². The highest BCUT2D eigenvalue weighted by Crippen LogP contribution is 2.27. The van der Waals surface area contributed by atoms with E-state index in [0.717, 1.165) is 18.7 Å². The molecule has 1 saturated heterocycles. The fourth-order valence-corrected chi connectivity index (χ4v) is 5.55. The number of sulfonamides is 1. The Bertz CT molecular complexity index is 1010. The van der Waals surface area contributed by atoms with E-state index in [2.05, 4.69) is 41.3 Å². The molecule has 1 aliphatic rings. The molecule has 1 aromatic heterocycles. The van der Waals surface area contributed by atoms with E-state index in [1.807, 2.05) is 12.1 Å². The van der Waals surface area contributed by atoms with E-state index in [0.29, 0.717) is 19.4 Å². The number of hydrogen-bond acceptors (Lipinski definition) is 5. The fourth-order valence-electron chi connectivity index (χ4n) is 3.66. The lowest BCUT2D eigenvalue weighted by molar-refractivity contribution is -0.126. The molecule has 1 aromatic carbocycles. The van der Waals surface area contributed by atoms with Crippen molar-refractivity contribution in [2.45, 2.75) is 37.8 Å². The molecule has 0 radical (unpaired) electrons. The number of pyridine rings is 1. The summed E-state index contributed by atoms with van der Waals surface area (Å²) >= 11 is 5.97. The van der Waals surface area contributed by atoms with E-state index in [4.69, 9.17) is 11.6 Å². The lowest BCUT2D eigenvalue weighted by Crippen LogP contribution is -2.43. The van der Waals surface area contributed by atoms with E-state index in [9.17, 15) is 13.2 Å². The Morgan fingerprint density at radius 2 is 1.94 bits per heavy atom. The van der Waals surface area contributed by atoms with Crippen LogP contribution in [0, 0.1) is 5.92 Å². The van der Waals surface area contributed by atoms with Crippen molar-refractivity contribution in [3.63, 3.8) is 0 Å². The van der Waals surface area contributed by atoms with Crippen LogP contribution in [0.5, 0.6) is 0 Å². The first-order chi connectivity index (χ1) is 14.8. The number of carbonyl (C=O) groups excluding carboxylic acids is 1.